The number of aromatic amines is 1. The topological polar surface area (TPSA) is 36.1 Å². The van der Waals surface area contributed by atoms with E-state index in [1.54, 1.807) is 12.1 Å². The molecule has 2 aromatic rings. The predicted molar refractivity (Wildman–Crippen MR) is 93.4 cm³/mol. The largest absolute Gasteiger partial charge is 0.350 e. The molecule has 3 nitrogen and oxygen atoms in total. The first-order valence-electron chi connectivity index (χ1n) is 6.81. The molecule has 1 fully saturated rings. The van der Waals surface area contributed by atoms with Crippen molar-refractivity contribution in [3.05, 3.63) is 33.9 Å². The zero-order valence-electron chi connectivity index (χ0n) is 12.1. The molecule has 1 saturated heterocycles. The molecular formula is C15H18Cl2N2OS. The van der Waals surface area contributed by atoms with Crippen LogP contribution in [-0.2, 0) is 0 Å². The third-order valence-electron chi connectivity index (χ3n) is 4.00. The maximum Gasteiger partial charge on any atom is 0.270 e. The van der Waals surface area contributed by atoms with Crippen molar-refractivity contribution in [2.75, 3.05) is 37.1 Å². The van der Waals surface area contributed by atoms with E-state index >= 15 is 0 Å². The summed E-state index contributed by atoms with van der Waals surface area (Å²) in [6.07, 6.45) is 4.67. The molecule has 21 heavy (non-hydrogen) atoms. The van der Waals surface area contributed by atoms with Gasteiger partial charge in [-0.3, -0.25) is 4.79 Å². The Balaban J connectivity index is 1.87. The minimum absolute atomic E-state index is 0.0493. The van der Waals surface area contributed by atoms with Crippen LogP contribution in [0.5, 0.6) is 0 Å². The summed E-state index contributed by atoms with van der Waals surface area (Å²) in [7, 11) is -0.511. The van der Waals surface area contributed by atoms with E-state index in [9.17, 15) is 4.79 Å². The van der Waals surface area contributed by atoms with Crippen molar-refractivity contribution in [3.8, 4) is 0 Å². The SMILES string of the molecule is CS1(C)CCN(C(=O)c2cc3c(Cl)cc(Cl)cc3[nH]2)CC1. The number of benzene rings is 1. The third kappa shape index (κ3) is 3.03. The number of amides is 1. The van der Waals surface area contributed by atoms with Crippen LogP contribution < -0.4 is 0 Å². The second-order valence-corrected chi connectivity index (χ2v) is 11.2. The monoisotopic (exact) mass is 344 g/mol. The van der Waals surface area contributed by atoms with Gasteiger partial charge in [-0.1, -0.05) is 23.2 Å². The molecule has 2 heterocycles. The first kappa shape index (κ1) is 15.1. The molecule has 0 aliphatic carbocycles. The number of H-pyrrole nitrogens is 1. The van der Waals surface area contributed by atoms with Crippen LogP contribution >= 0.6 is 33.2 Å². The lowest BCUT2D eigenvalue weighted by Crippen LogP contribution is -2.42. The minimum Gasteiger partial charge on any atom is -0.350 e. The second kappa shape index (κ2) is 5.41. The highest BCUT2D eigenvalue weighted by molar-refractivity contribution is 8.32. The van der Waals surface area contributed by atoms with Gasteiger partial charge in [-0.05, 0) is 42.2 Å². The van der Waals surface area contributed by atoms with E-state index in [-0.39, 0.29) is 5.91 Å². The van der Waals surface area contributed by atoms with Gasteiger partial charge in [0.25, 0.3) is 5.91 Å². The lowest BCUT2D eigenvalue weighted by Gasteiger charge is -2.40. The standard InChI is InChI=1S/C15H18Cl2N2OS/c1-21(2)5-3-19(4-6-21)15(20)14-9-11-12(17)7-10(16)8-13(11)18-14/h7-9,18H,3-6H2,1-2H3. The number of halogens is 2. The molecule has 0 radical (unpaired) electrons. The van der Waals surface area contributed by atoms with Crippen LogP contribution in [0.25, 0.3) is 10.9 Å². The average molecular weight is 345 g/mol. The molecular weight excluding hydrogens is 327 g/mol. The second-order valence-electron chi connectivity index (χ2n) is 6.00. The molecule has 0 unspecified atom stereocenters. The Morgan fingerprint density at radius 2 is 1.86 bits per heavy atom. The van der Waals surface area contributed by atoms with Gasteiger partial charge < -0.3 is 9.88 Å². The summed E-state index contributed by atoms with van der Waals surface area (Å²) in [6.45, 7) is 1.68. The fourth-order valence-electron chi connectivity index (χ4n) is 2.58. The molecule has 1 aliphatic heterocycles. The predicted octanol–water partition coefficient (Wildman–Crippen LogP) is 3.99. The summed E-state index contributed by atoms with van der Waals surface area (Å²) in [6, 6.07) is 5.31. The van der Waals surface area contributed by atoms with E-state index in [0.717, 1.165) is 35.5 Å². The molecule has 1 aromatic heterocycles. The molecule has 1 aliphatic rings. The number of rotatable bonds is 1. The van der Waals surface area contributed by atoms with Crippen molar-refractivity contribution in [3.63, 3.8) is 0 Å². The highest BCUT2D eigenvalue weighted by Gasteiger charge is 2.26. The molecule has 0 bridgehead atoms. The van der Waals surface area contributed by atoms with Crippen molar-refractivity contribution in [1.29, 1.82) is 0 Å². The lowest BCUT2D eigenvalue weighted by molar-refractivity contribution is 0.0766. The fourth-order valence-corrected chi connectivity index (χ4v) is 4.76. The molecule has 0 saturated carbocycles. The molecule has 114 valence electrons. The number of carbonyl (C=O) groups excluding carboxylic acids is 1. The van der Waals surface area contributed by atoms with Gasteiger partial charge in [-0.25, -0.2) is 10.0 Å². The van der Waals surface area contributed by atoms with E-state index in [4.69, 9.17) is 23.2 Å². The van der Waals surface area contributed by atoms with Crippen LogP contribution in [-0.4, -0.2) is 52.9 Å². The summed E-state index contributed by atoms with van der Waals surface area (Å²) in [5.74, 6) is 2.28. The minimum atomic E-state index is -0.511. The summed E-state index contributed by atoms with van der Waals surface area (Å²) >= 11 is 12.2. The van der Waals surface area contributed by atoms with Crippen LogP contribution in [0.3, 0.4) is 0 Å². The first-order chi connectivity index (χ1) is 9.85. The van der Waals surface area contributed by atoms with Crippen molar-refractivity contribution in [1.82, 2.24) is 9.88 Å². The Kier molecular flexibility index (Phi) is 3.89. The van der Waals surface area contributed by atoms with Crippen molar-refractivity contribution in [2.45, 2.75) is 0 Å². The van der Waals surface area contributed by atoms with E-state index in [1.807, 2.05) is 11.0 Å². The van der Waals surface area contributed by atoms with Gasteiger partial charge in [0.05, 0.1) is 5.02 Å². The van der Waals surface area contributed by atoms with E-state index in [0.29, 0.717) is 15.7 Å². The molecule has 1 aromatic carbocycles. The highest BCUT2D eigenvalue weighted by atomic mass is 35.5. The molecule has 0 spiro atoms. The smallest absolute Gasteiger partial charge is 0.270 e. The van der Waals surface area contributed by atoms with E-state index in [2.05, 4.69) is 17.5 Å². The summed E-state index contributed by atoms with van der Waals surface area (Å²) in [5.41, 5.74) is 1.39. The maximum absolute atomic E-state index is 12.6. The number of nitrogens with zero attached hydrogens (tertiary/aromatic N) is 1. The van der Waals surface area contributed by atoms with E-state index in [1.165, 1.54) is 0 Å². The summed E-state index contributed by atoms with van der Waals surface area (Å²) in [4.78, 5) is 17.7. The molecule has 1 N–H and O–H groups in total. The summed E-state index contributed by atoms with van der Waals surface area (Å²) < 4.78 is 0. The Labute approximate surface area is 135 Å². The lowest BCUT2D eigenvalue weighted by atomic mass is 10.2. The van der Waals surface area contributed by atoms with Gasteiger partial charge in [-0.15, -0.1) is 0 Å². The van der Waals surface area contributed by atoms with Crippen LogP contribution in [0.15, 0.2) is 18.2 Å². The number of fused-ring (bicyclic) bond motifs is 1. The van der Waals surface area contributed by atoms with Gasteiger partial charge in [0.15, 0.2) is 0 Å². The maximum atomic E-state index is 12.6. The molecule has 0 atom stereocenters. The van der Waals surface area contributed by atoms with Gasteiger partial charge in [-0.2, -0.15) is 0 Å². The quantitative estimate of drug-likeness (QED) is 0.833. The Hall–Kier alpha value is -0.840. The van der Waals surface area contributed by atoms with Crippen LogP contribution in [0.1, 0.15) is 10.5 Å². The first-order valence-corrected chi connectivity index (χ1v) is 10.4. The zero-order chi connectivity index (χ0) is 15.2. The van der Waals surface area contributed by atoms with E-state index < -0.39 is 10.0 Å². The third-order valence-corrected chi connectivity index (χ3v) is 7.10. The molecule has 6 heteroatoms. The Bertz CT molecular complexity index is 701. The van der Waals surface area contributed by atoms with Gasteiger partial charge in [0, 0.05) is 29.0 Å². The fraction of sp³-hybridized carbons (Fsp3) is 0.400. The van der Waals surface area contributed by atoms with Gasteiger partial charge in [0.2, 0.25) is 0 Å². The zero-order valence-corrected chi connectivity index (χ0v) is 14.4. The van der Waals surface area contributed by atoms with Crippen LogP contribution in [0.2, 0.25) is 10.0 Å². The van der Waals surface area contributed by atoms with Crippen molar-refractivity contribution in [2.24, 2.45) is 0 Å². The summed E-state index contributed by atoms with van der Waals surface area (Å²) in [5, 5.41) is 1.97. The normalized spacial score (nSPS) is 19.7. The van der Waals surface area contributed by atoms with Gasteiger partial charge >= 0.3 is 0 Å². The van der Waals surface area contributed by atoms with Gasteiger partial charge in [0.1, 0.15) is 5.69 Å². The number of hydrogen-bond donors (Lipinski definition) is 1. The van der Waals surface area contributed by atoms with Crippen LogP contribution in [0.4, 0.5) is 0 Å². The van der Waals surface area contributed by atoms with Crippen molar-refractivity contribution >= 4 is 50.0 Å². The number of hydrogen-bond acceptors (Lipinski definition) is 1. The highest BCUT2D eigenvalue weighted by Crippen LogP contribution is 2.41. The molecule has 1 amide bonds. The Morgan fingerprint density at radius 3 is 2.52 bits per heavy atom. The molecule has 3 rings (SSSR count). The van der Waals surface area contributed by atoms with Crippen LogP contribution in [0, 0.1) is 0 Å². The number of carbonyl (C=O) groups is 1. The Morgan fingerprint density at radius 1 is 1.19 bits per heavy atom. The number of aromatic nitrogens is 1. The number of nitrogens with one attached hydrogen (secondary N) is 1. The van der Waals surface area contributed by atoms with Crippen molar-refractivity contribution < 1.29 is 4.79 Å². The average Bonchev–Trinajstić information content (AvgIpc) is 2.82.